The van der Waals surface area contributed by atoms with Crippen LogP contribution in [0.25, 0.3) is 0 Å². The molecule has 0 amide bonds. The molecular weight excluding hydrogens is 206 g/mol. The third-order valence-corrected chi connectivity index (χ3v) is 2.13. The van der Waals surface area contributed by atoms with Crippen LogP contribution >= 0.6 is 0 Å². The molecule has 0 aliphatic heterocycles. The minimum atomic E-state index is 0.598. The molecule has 0 aliphatic rings. The minimum Gasteiger partial charge on any atom is -0.338 e. The Morgan fingerprint density at radius 2 is 2.31 bits per heavy atom. The predicted molar refractivity (Wildman–Crippen MR) is 57.7 cm³/mol. The molecular formula is C10H15N5O. The van der Waals surface area contributed by atoms with E-state index in [0.29, 0.717) is 18.3 Å². The Balaban J connectivity index is 1.69. The Labute approximate surface area is 93.7 Å². The van der Waals surface area contributed by atoms with E-state index in [1.54, 1.807) is 6.92 Å². The molecule has 6 nitrogen and oxygen atoms in total. The van der Waals surface area contributed by atoms with Crippen LogP contribution in [0.15, 0.2) is 16.9 Å². The number of aromatic nitrogens is 4. The molecule has 0 radical (unpaired) electrons. The molecule has 0 spiro atoms. The predicted octanol–water partition coefficient (Wildman–Crippen LogP) is 0.673. The first-order valence-corrected chi connectivity index (χ1v) is 5.23. The summed E-state index contributed by atoms with van der Waals surface area (Å²) in [4.78, 5) is 4.10. The van der Waals surface area contributed by atoms with Gasteiger partial charge in [0.05, 0.1) is 19.3 Å². The summed E-state index contributed by atoms with van der Waals surface area (Å²) >= 11 is 0. The summed E-state index contributed by atoms with van der Waals surface area (Å²) in [5, 5.41) is 11.1. The first-order valence-electron chi connectivity index (χ1n) is 5.23. The summed E-state index contributed by atoms with van der Waals surface area (Å²) < 4.78 is 6.88. The molecule has 86 valence electrons. The average molecular weight is 221 g/mol. The van der Waals surface area contributed by atoms with Crippen LogP contribution in [0, 0.1) is 13.8 Å². The van der Waals surface area contributed by atoms with E-state index in [1.165, 1.54) is 5.56 Å². The normalized spacial score (nSPS) is 10.9. The van der Waals surface area contributed by atoms with Gasteiger partial charge < -0.3 is 9.84 Å². The Bertz CT molecular complexity index is 405. The van der Waals surface area contributed by atoms with Gasteiger partial charge in [-0.1, -0.05) is 5.16 Å². The fraction of sp³-hybridized carbons (Fsp3) is 0.500. The molecule has 0 unspecified atom stereocenters. The zero-order chi connectivity index (χ0) is 11.4. The quantitative estimate of drug-likeness (QED) is 0.752. The zero-order valence-electron chi connectivity index (χ0n) is 9.47. The molecule has 0 aromatic carbocycles. The summed E-state index contributed by atoms with van der Waals surface area (Å²) in [6, 6.07) is 0. The van der Waals surface area contributed by atoms with Crippen LogP contribution in [-0.2, 0) is 13.1 Å². The summed E-state index contributed by atoms with van der Waals surface area (Å²) in [5.74, 6) is 1.29. The molecule has 2 aromatic rings. The lowest BCUT2D eigenvalue weighted by atomic mass is 10.4. The Hall–Kier alpha value is -1.69. The van der Waals surface area contributed by atoms with Gasteiger partial charge in [-0.25, -0.2) is 0 Å². The van der Waals surface area contributed by atoms with Crippen molar-refractivity contribution < 1.29 is 4.52 Å². The van der Waals surface area contributed by atoms with E-state index in [0.717, 1.165) is 13.1 Å². The van der Waals surface area contributed by atoms with Gasteiger partial charge in [-0.05, 0) is 19.4 Å². The number of hydrogen-bond acceptors (Lipinski definition) is 5. The topological polar surface area (TPSA) is 68.8 Å². The summed E-state index contributed by atoms with van der Waals surface area (Å²) in [7, 11) is 0. The number of rotatable bonds is 5. The second-order valence-corrected chi connectivity index (χ2v) is 3.69. The van der Waals surface area contributed by atoms with Crippen molar-refractivity contribution >= 4 is 0 Å². The number of nitrogens with one attached hydrogen (secondary N) is 1. The van der Waals surface area contributed by atoms with Crippen molar-refractivity contribution in [2.45, 2.75) is 26.9 Å². The molecule has 0 bridgehead atoms. The largest absolute Gasteiger partial charge is 0.338 e. The van der Waals surface area contributed by atoms with Gasteiger partial charge in [0.2, 0.25) is 5.89 Å². The average Bonchev–Trinajstić information content (AvgIpc) is 2.83. The van der Waals surface area contributed by atoms with Gasteiger partial charge in [-0.3, -0.25) is 4.68 Å². The van der Waals surface area contributed by atoms with Gasteiger partial charge in [0.15, 0.2) is 5.82 Å². The third kappa shape index (κ3) is 2.90. The van der Waals surface area contributed by atoms with E-state index < -0.39 is 0 Å². The van der Waals surface area contributed by atoms with Crippen LogP contribution in [0.3, 0.4) is 0 Å². The van der Waals surface area contributed by atoms with Gasteiger partial charge in [0.25, 0.3) is 0 Å². The van der Waals surface area contributed by atoms with E-state index in [1.807, 2.05) is 24.0 Å². The molecule has 2 aromatic heterocycles. The lowest BCUT2D eigenvalue weighted by molar-refractivity contribution is 0.362. The molecule has 0 fully saturated rings. The summed E-state index contributed by atoms with van der Waals surface area (Å²) in [5.41, 5.74) is 1.17. The molecule has 0 atom stereocenters. The van der Waals surface area contributed by atoms with Crippen LogP contribution in [0.2, 0.25) is 0 Å². The van der Waals surface area contributed by atoms with Gasteiger partial charge in [0.1, 0.15) is 0 Å². The lowest BCUT2D eigenvalue weighted by Crippen LogP contribution is -2.19. The smallest absolute Gasteiger partial charge is 0.240 e. The van der Waals surface area contributed by atoms with Gasteiger partial charge in [0, 0.05) is 12.7 Å². The molecule has 6 heteroatoms. The second-order valence-electron chi connectivity index (χ2n) is 3.69. The maximum atomic E-state index is 4.97. The van der Waals surface area contributed by atoms with E-state index in [9.17, 15) is 0 Å². The highest BCUT2D eigenvalue weighted by Crippen LogP contribution is 1.95. The number of hydrogen-bond donors (Lipinski definition) is 1. The van der Waals surface area contributed by atoms with Crippen molar-refractivity contribution in [3.63, 3.8) is 0 Å². The fourth-order valence-corrected chi connectivity index (χ4v) is 1.39. The second kappa shape index (κ2) is 4.89. The third-order valence-electron chi connectivity index (χ3n) is 2.13. The Kier molecular flexibility index (Phi) is 3.31. The highest BCUT2D eigenvalue weighted by Gasteiger charge is 2.01. The molecule has 16 heavy (non-hydrogen) atoms. The number of aryl methyl sites for hydroxylation is 2. The molecule has 0 saturated heterocycles. The summed E-state index contributed by atoms with van der Waals surface area (Å²) in [6.45, 7) is 6.09. The number of nitrogens with zero attached hydrogens (tertiary/aromatic N) is 4. The van der Waals surface area contributed by atoms with Crippen molar-refractivity contribution in [2.24, 2.45) is 0 Å². The molecule has 1 N–H and O–H groups in total. The Morgan fingerprint density at radius 1 is 1.44 bits per heavy atom. The van der Waals surface area contributed by atoms with Crippen molar-refractivity contribution in [3.05, 3.63) is 29.7 Å². The van der Waals surface area contributed by atoms with Crippen molar-refractivity contribution in [1.82, 2.24) is 25.2 Å². The van der Waals surface area contributed by atoms with Crippen LogP contribution in [0.1, 0.15) is 17.3 Å². The van der Waals surface area contributed by atoms with Gasteiger partial charge in [-0.15, -0.1) is 0 Å². The first kappa shape index (κ1) is 10.8. The van der Waals surface area contributed by atoms with Gasteiger partial charge >= 0.3 is 0 Å². The first-order chi connectivity index (χ1) is 7.74. The van der Waals surface area contributed by atoms with E-state index in [-0.39, 0.29) is 0 Å². The monoisotopic (exact) mass is 221 g/mol. The van der Waals surface area contributed by atoms with E-state index in [4.69, 9.17) is 4.52 Å². The highest BCUT2D eigenvalue weighted by atomic mass is 16.5. The molecule has 0 aliphatic carbocycles. The van der Waals surface area contributed by atoms with Crippen molar-refractivity contribution in [1.29, 1.82) is 0 Å². The standard InChI is InChI=1S/C10H15N5O/c1-8-5-12-15(7-8)4-3-11-6-10-13-9(2)14-16-10/h5,7,11H,3-4,6H2,1-2H3. The van der Waals surface area contributed by atoms with Crippen LogP contribution in [0.5, 0.6) is 0 Å². The molecule has 2 rings (SSSR count). The highest BCUT2D eigenvalue weighted by molar-refractivity contribution is 4.99. The van der Waals surface area contributed by atoms with Crippen LogP contribution in [0.4, 0.5) is 0 Å². The van der Waals surface area contributed by atoms with Crippen molar-refractivity contribution in [3.8, 4) is 0 Å². The maximum absolute atomic E-state index is 4.97. The lowest BCUT2D eigenvalue weighted by Gasteiger charge is -2.01. The minimum absolute atomic E-state index is 0.598. The SMILES string of the molecule is Cc1cnn(CCNCc2nc(C)no2)c1. The summed E-state index contributed by atoms with van der Waals surface area (Å²) in [6.07, 6.45) is 3.86. The maximum Gasteiger partial charge on any atom is 0.240 e. The zero-order valence-corrected chi connectivity index (χ0v) is 9.47. The van der Waals surface area contributed by atoms with Crippen LogP contribution < -0.4 is 5.32 Å². The molecule has 2 heterocycles. The van der Waals surface area contributed by atoms with E-state index in [2.05, 4.69) is 20.6 Å². The van der Waals surface area contributed by atoms with E-state index >= 15 is 0 Å². The fourth-order valence-electron chi connectivity index (χ4n) is 1.39. The van der Waals surface area contributed by atoms with Gasteiger partial charge in [-0.2, -0.15) is 10.1 Å². The molecule has 0 saturated carbocycles. The van der Waals surface area contributed by atoms with Crippen LogP contribution in [-0.4, -0.2) is 26.5 Å². The Morgan fingerprint density at radius 3 is 2.94 bits per heavy atom. The van der Waals surface area contributed by atoms with Crippen molar-refractivity contribution in [2.75, 3.05) is 6.54 Å².